The molecular weight excluding hydrogens is 254 g/mol. The van der Waals surface area contributed by atoms with Crippen LogP contribution < -0.4 is 5.73 Å². The maximum atomic E-state index is 11.2. The van der Waals surface area contributed by atoms with Gasteiger partial charge in [0.25, 0.3) is 0 Å². The number of aromatic carboxylic acids is 1. The number of hydrogen-bond acceptors (Lipinski definition) is 3. The first-order chi connectivity index (χ1) is 8.02. The average Bonchev–Trinajstić information content (AvgIpc) is 2.18. The van der Waals surface area contributed by atoms with Crippen molar-refractivity contribution in [1.29, 1.82) is 0 Å². The van der Waals surface area contributed by atoms with E-state index < -0.39 is 5.97 Å². The van der Waals surface area contributed by atoms with E-state index in [0.717, 1.165) is 19.3 Å². The predicted octanol–water partition coefficient (Wildman–Crippen LogP) is 2.62. The Balaban J connectivity index is 0.00000162. The fourth-order valence-electron chi connectivity index (χ4n) is 2.28. The first-order valence-corrected chi connectivity index (χ1v) is 5.83. The zero-order chi connectivity index (χ0) is 12.6. The molecule has 100 valence electrons. The molecule has 0 saturated heterocycles. The van der Waals surface area contributed by atoms with E-state index in [9.17, 15) is 9.90 Å². The molecule has 0 amide bonds. The summed E-state index contributed by atoms with van der Waals surface area (Å²) in [4.78, 5) is 11.2. The van der Waals surface area contributed by atoms with Gasteiger partial charge in [-0.05, 0) is 37.3 Å². The van der Waals surface area contributed by atoms with Gasteiger partial charge in [0.05, 0.1) is 5.56 Å². The summed E-state index contributed by atoms with van der Waals surface area (Å²) in [6, 6.07) is 2.75. The number of carboxylic acid groups (broad SMARTS) is 1. The molecule has 4 N–H and O–H groups in total. The van der Waals surface area contributed by atoms with Crippen LogP contribution in [0.1, 0.15) is 46.8 Å². The van der Waals surface area contributed by atoms with E-state index in [4.69, 9.17) is 10.8 Å². The number of benzene rings is 1. The van der Waals surface area contributed by atoms with Gasteiger partial charge in [0.15, 0.2) is 0 Å². The van der Waals surface area contributed by atoms with E-state index in [0.29, 0.717) is 17.0 Å². The Morgan fingerprint density at radius 2 is 2.06 bits per heavy atom. The molecule has 18 heavy (non-hydrogen) atoms. The van der Waals surface area contributed by atoms with Crippen LogP contribution in [0.5, 0.6) is 5.75 Å². The average molecular weight is 272 g/mol. The zero-order valence-corrected chi connectivity index (χ0v) is 11.0. The molecule has 0 aliphatic heterocycles. The van der Waals surface area contributed by atoms with Crippen molar-refractivity contribution in [2.24, 2.45) is 11.7 Å². The topological polar surface area (TPSA) is 83.5 Å². The van der Waals surface area contributed by atoms with E-state index in [1.165, 1.54) is 6.07 Å². The highest BCUT2D eigenvalue weighted by molar-refractivity contribution is 5.90. The second kappa shape index (κ2) is 5.59. The number of hydrogen-bond donors (Lipinski definition) is 3. The van der Waals surface area contributed by atoms with Gasteiger partial charge in [-0.15, -0.1) is 12.4 Å². The molecular formula is C13H18ClNO3. The molecule has 1 aromatic carbocycles. The number of carboxylic acids is 1. The minimum absolute atomic E-state index is 0. The van der Waals surface area contributed by atoms with Gasteiger partial charge in [0.1, 0.15) is 5.75 Å². The highest BCUT2D eigenvalue weighted by Crippen LogP contribution is 2.41. The van der Waals surface area contributed by atoms with Gasteiger partial charge in [-0.3, -0.25) is 0 Å². The zero-order valence-electron chi connectivity index (χ0n) is 10.2. The van der Waals surface area contributed by atoms with Crippen molar-refractivity contribution in [1.82, 2.24) is 0 Å². The molecule has 0 bridgehead atoms. The van der Waals surface area contributed by atoms with Crippen LogP contribution in [0.25, 0.3) is 0 Å². The molecule has 0 spiro atoms. The number of nitrogens with two attached hydrogens (primary N) is 1. The van der Waals surface area contributed by atoms with Crippen molar-refractivity contribution in [2.75, 3.05) is 0 Å². The van der Waals surface area contributed by atoms with Crippen LogP contribution in [-0.2, 0) is 0 Å². The molecule has 0 aromatic heterocycles. The van der Waals surface area contributed by atoms with Crippen molar-refractivity contribution in [2.45, 2.75) is 32.2 Å². The number of phenols is 1. The minimum Gasteiger partial charge on any atom is -0.507 e. The minimum atomic E-state index is -1.04. The Labute approximate surface area is 112 Å². The maximum absolute atomic E-state index is 11.2. The van der Waals surface area contributed by atoms with Crippen molar-refractivity contribution in [3.8, 4) is 5.75 Å². The van der Waals surface area contributed by atoms with Gasteiger partial charge in [0, 0.05) is 11.6 Å². The summed E-state index contributed by atoms with van der Waals surface area (Å²) in [7, 11) is 0. The molecule has 4 nitrogen and oxygen atoms in total. The Kier molecular flexibility index (Phi) is 4.59. The molecule has 0 unspecified atom stereocenters. The third-order valence-corrected chi connectivity index (χ3v) is 3.64. The van der Waals surface area contributed by atoms with Crippen LogP contribution in [0.4, 0.5) is 0 Å². The molecule has 1 aliphatic rings. The summed E-state index contributed by atoms with van der Waals surface area (Å²) < 4.78 is 0. The first-order valence-electron chi connectivity index (χ1n) is 5.83. The van der Waals surface area contributed by atoms with E-state index in [1.807, 2.05) is 0 Å². The van der Waals surface area contributed by atoms with Crippen molar-refractivity contribution in [3.63, 3.8) is 0 Å². The van der Waals surface area contributed by atoms with E-state index in [2.05, 4.69) is 0 Å². The number of aryl methyl sites for hydroxylation is 1. The number of phenolic OH excluding ortho intramolecular Hbond substituents is 1. The molecule has 2 rings (SSSR count). The summed E-state index contributed by atoms with van der Waals surface area (Å²) in [5, 5.41) is 19.2. The third kappa shape index (κ3) is 2.44. The second-order valence-corrected chi connectivity index (χ2v) is 4.71. The summed E-state index contributed by atoms with van der Waals surface area (Å²) >= 11 is 0. The lowest BCUT2D eigenvalue weighted by atomic mass is 9.76. The fourth-order valence-corrected chi connectivity index (χ4v) is 2.28. The Hall–Kier alpha value is -1.26. The van der Waals surface area contributed by atoms with Gasteiger partial charge in [-0.2, -0.15) is 0 Å². The van der Waals surface area contributed by atoms with Gasteiger partial charge >= 0.3 is 5.97 Å². The first kappa shape index (κ1) is 14.8. The standard InChI is InChI=1S/C13H17NO3.ClH/c1-7-5-6-9(13(16)17)10(12(7)15)11(14)8-3-2-4-8;/h5-6,8,11,15H,2-4,14H2,1H3,(H,16,17);1H/t11-;/m0./s1. The lowest BCUT2D eigenvalue weighted by molar-refractivity contribution is 0.0693. The van der Waals surface area contributed by atoms with E-state index >= 15 is 0 Å². The summed E-state index contributed by atoms with van der Waals surface area (Å²) in [5.41, 5.74) is 7.26. The van der Waals surface area contributed by atoms with Crippen molar-refractivity contribution < 1.29 is 15.0 Å². The van der Waals surface area contributed by atoms with Crippen LogP contribution in [0.3, 0.4) is 0 Å². The maximum Gasteiger partial charge on any atom is 0.336 e. The summed E-state index contributed by atoms with van der Waals surface area (Å²) in [6.45, 7) is 1.75. The van der Waals surface area contributed by atoms with Crippen LogP contribution in [0.2, 0.25) is 0 Å². The van der Waals surface area contributed by atoms with Gasteiger partial charge in [-0.1, -0.05) is 12.5 Å². The van der Waals surface area contributed by atoms with Crippen LogP contribution >= 0.6 is 12.4 Å². The van der Waals surface area contributed by atoms with E-state index in [1.54, 1.807) is 13.0 Å². The second-order valence-electron chi connectivity index (χ2n) is 4.71. The quantitative estimate of drug-likeness (QED) is 0.789. The highest BCUT2D eigenvalue weighted by Gasteiger charge is 2.30. The predicted molar refractivity (Wildman–Crippen MR) is 71.3 cm³/mol. The monoisotopic (exact) mass is 271 g/mol. The largest absolute Gasteiger partial charge is 0.507 e. The number of rotatable bonds is 3. The molecule has 1 fully saturated rings. The number of halogens is 1. The summed E-state index contributed by atoms with van der Waals surface area (Å²) in [6.07, 6.45) is 3.15. The Morgan fingerprint density at radius 3 is 2.50 bits per heavy atom. The van der Waals surface area contributed by atoms with Crippen LogP contribution in [0, 0.1) is 12.8 Å². The van der Waals surface area contributed by atoms with Gasteiger partial charge in [0.2, 0.25) is 0 Å². The van der Waals surface area contributed by atoms with Gasteiger partial charge < -0.3 is 15.9 Å². The van der Waals surface area contributed by atoms with E-state index in [-0.39, 0.29) is 29.8 Å². The Morgan fingerprint density at radius 1 is 1.44 bits per heavy atom. The van der Waals surface area contributed by atoms with Crippen LogP contribution in [-0.4, -0.2) is 16.2 Å². The summed E-state index contributed by atoms with van der Waals surface area (Å²) in [5.74, 6) is -0.713. The molecule has 1 aromatic rings. The fraction of sp³-hybridized carbons (Fsp3) is 0.462. The molecule has 1 aliphatic carbocycles. The number of aromatic hydroxyl groups is 1. The lowest BCUT2D eigenvalue weighted by Gasteiger charge is -2.32. The lowest BCUT2D eigenvalue weighted by Crippen LogP contribution is -2.28. The normalized spacial score (nSPS) is 16.6. The smallest absolute Gasteiger partial charge is 0.336 e. The van der Waals surface area contributed by atoms with Crippen LogP contribution in [0.15, 0.2) is 12.1 Å². The number of carbonyl (C=O) groups is 1. The third-order valence-electron chi connectivity index (χ3n) is 3.64. The van der Waals surface area contributed by atoms with Crippen molar-refractivity contribution >= 4 is 18.4 Å². The molecule has 5 heteroatoms. The van der Waals surface area contributed by atoms with Gasteiger partial charge in [-0.25, -0.2) is 4.79 Å². The molecule has 1 saturated carbocycles. The van der Waals surface area contributed by atoms with Crippen molar-refractivity contribution in [3.05, 3.63) is 28.8 Å². The highest BCUT2D eigenvalue weighted by atomic mass is 35.5. The molecule has 0 heterocycles. The Bertz CT molecular complexity index is 458. The molecule has 0 radical (unpaired) electrons. The SMILES string of the molecule is Cc1ccc(C(=O)O)c([C@@H](N)C2CCC2)c1O.Cl. The molecule has 1 atom stereocenters.